The first-order chi connectivity index (χ1) is 12.1. The van der Waals surface area contributed by atoms with Crippen molar-refractivity contribution in [3.8, 4) is 10.6 Å². The van der Waals surface area contributed by atoms with E-state index in [-0.39, 0.29) is 5.91 Å². The van der Waals surface area contributed by atoms with E-state index in [9.17, 15) is 4.79 Å². The summed E-state index contributed by atoms with van der Waals surface area (Å²) in [5.41, 5.74) is 4.11. The maximum Gasteiger partial charge on any atom is 0.244 e. The monoisotopic (exact) mass is 368 g/mol. The van der Waals surface area contributed by atoms with Crippen molar-refractivity contribution in [1.29, 1.82) is 0 Å². The number of rotatable bonds is 5. The molecule has 0 radical (unpaired) electrons. The fraction of sp³-hybridized carbons (Fsp3) is 0.100. The molecule has 0 fully saturated rings. The molecule has 5 heteroatoms. The van der Waals surface area contributed by atoms with Gasteiger partial charge in [-0.05, 0) is 36.3 Å². The van der Waals surface area contributed by atoms with Gasteiger partial charge in [-0.3, -0.25) is 4.79 Å². The number of halogens is 1. The fourth-order valence-electron chi connectivity index (χ4n) is 2.31. The third-order valence-electron chi connectivity index (χ3n) is 3.67. The van der Waals surface area contributed by atoms with Crippen LogP contribution in [-0.4, -0.2) is 10.9 Å². The van der Waals surface area contributed by atoms with Crippen molar-refractivity contribution in [1.82, 2.24) is 10.3 Å². The van der Waals surface area contributed by atoms with Crippen LogP contribution in [0, 0.1) is 6.92 Å². The van der Waals surface area contributed by atoms with Gasteiger partial charge in [-0.2, -0.15) is 0 Å². The van der Waals surface area contributed by atoms with E-state index in [1.165, 1.54) is 11.6 Å². The molecule has 25 heavy (non-hydrogen) atoms. The zero-order valence-electron chi connectivity index (χ0n) is 13.7. The highest BCUT2D eigenvalue weighted by atomic mass is 35.5. The van der Waals surface area contributed by atoms with Gasteiger partial charge in [-0.1, -0.05) is 48.0 Å². The van der Waals surface area contributed by atoms with Gasteiger partial charge >= 0.3 is 0 Å². The molecule has 3 nitrogen and oxygen atoms in total. The Morgan fingerprint density at radius 3 is 2.72 bits per heavy atom. The van der Waals surface area contributed by atoms with Gasteiger partial charge in [-0.25, -0.2) is 4.98 Å². The lowest BCUT2D eigenvalue weighted by molar-refractivity contribution is -0.116. The number of carbonyl (C=O) groups is 1. The first-order valence-electron chi connectivity index (χ1n) is 7.84. The number of hydrogen-bond acceptors (Lipinski definition) is 3. The van der Waals surface area contributed by atoms with Crippen LogP contribution in [0.25, 0.3) is 16.6 Å². The van der Waals surface area contributed by atoms with Crippen LogP contribution in [0.1, 0.15) is 16.8 Å². The Bertz CT molecular complexity index is 900. The maximum absolute atomic E-state index is 11.9. The molecule has 0 saturated carbocycles. The molecule has 0 saturated heterocycles. The number of aromatic nitrogens is 1. The minimum absolute atomic E-state index is 0.152. The van der Waals surface area contributed by atoms with E-state index in [0.29, 0.717) is 11.6 Å². The summed E-state index contributed by atoms with van der Waals surface area (Å²) in [5, 5.41) is 6.48. The number of carbonyl (C=O) groups excluding carboxylic acids is 1. The molecule has 0 aliphatic heterocycles. The van der Waals surface area contributed by atoms with E-state index in [0.717, 1.165) is 21.8 Å². The lowest BCUT2D eigenvalue weighted by Crippen LogP contribution is -2.20. The van der Waals surface area contributed by atoms with Gasteiger partial charge in [0, 0.05) is 22.0 Å². The molecular weight excluding hydrogens is 352 g/mol. The smallest absolute Gasteiger partial charge is 0.244 e. The zero-order valence-corrected chi connectivity index (χ0v) is 15.3. The molecular formula is C20H17ClN2OS. The number of nitrogens with one attached hydrogen (secondary N) is 1. The van der Waals surface area contributed by atoms with Gasteiger partial charge in [0.25, 0.3) is 0 Å². The van der Waals surface area contributed by atoms with Crippen LogP contribution in [0.5, 0.6) is 0 Å². The van der Waals surface area contributed by atoms with Gasteiger partial charge in [-0.15, -0.1) is 11.3 Å². The SMILES string of the molecule is Cc1ccccc1-c1nc(CNC(=O)/C=C/c2ccc(Cl)cc2)cs1. The van der Waals surface area contributed by atoms with Gasteiger partial charge in [0.05, 0.1) is 12.2 Å². The molecule has 1 amide bonds. The van der Waals surface area contributed by atoms with Crippen molar-refractivity contribution in [2.75, 3.05) is 0 Å². The highest BCUT2D eigenvalue weighted by molar-refractivity contribution is 7.13. The molecule has 0 atom stereocenters. The van der Waals surface area contributed by atoms with Crippen LogP contribution >= 0.6 is 22.9 Å². The number of thiazole rings is 1. The van der Waals surface area contributed by atoms with E-state index in [4.69, 9.17) is 11.6 Å². The highest BCUT2D eigenvalue weighted by Gasteiger charge is 2.07. The first kappa shape index (κ1) is 17.4. The summed E-state index contributed by atoms with van der Waals surface area (Å²) >= 11 is 7.43. The summed E-state index contributed by atoms with van der Waals surface area (Å²) < 4.78 is 0. The minimum atomic E-state index is -0.152. The van der Waals surface area contributed by atoms with Crippen LogP contribution in [0.3, 0.4) is 0 Å². The second-order valence-corrected chi connectivity index (χ2v) is 6.86. The normalized spacial score (nSPS) is 11.0. The third-order valence-corrected chi connectivity index (χ3v) is 4.84. The third kappa shape index (κ3) is 4.78. The van der Waals surface area contributed by atoms with Gasteiger partial charge in [0.15, 0.2) is 0 Å². The van der Waals surface area contributed by atoms with E-state index < -0.39 is 0 Å². The Kier molecular flexibility index (Phi) is 5.64. The number of amides is 1. The van der Waals surface area contributed by atoms with Crippen molar-refractivity contribution >= 4 is 34.9 Å². The van der Waals surface area contributed by atoms with Crippen molar-refractivity contribution in [3.05, 3.63) is 81.8 Å². The van der Waals surface area contributed by atoms with Crippen molar-refractivity contribution in [3.63, 3.8) is 0 Å². The molecule has 0 aliphatic carbocycles. The molecule has 0 unspecified atom stereocenters. The Morgan fingerprint density at radius 2 is 1.96 bits per heavy atom. The summed E-state index contributed by atoms with van der Waals surface area (Å²) in [5.74, 6) is -0.152. The molecule has 0 spiro atoms. The Balaban J connectivity index is 1.58. The predicted molar refractivity (Wildman–Crippen MR) is 105 cm³/mol. The summed E-state index contributed by atoms with van der Waals surface area (Å²) in [6, 6.07) is 15.5. The second-order valence-electron chi connectivity index (χ2n) is 5.56. The summed E-state index contributed by atoms with van der Waals surface area (Å²) in [7, 11) is 0. The van der Waals surface area contributed by atoms with Crippen molar-refractivity contribution in [2.24, 2.45) is 0 Å². The molecule has 3 aromatic rings. The quantitative estimate of drug-likeness (QED) is 0.636. The lowest BCUT2D eigenvalue weighted by Gasteiger charge is -2.01. The summed E-state index contributed by atoms with van der Waals surface area (Å²) in [4.78, 5) is 16.5. The van der Waals surface area contributed by atoms with Crippen LogP contribution in [0.4, 0.5) is 0 Å². The molecule has 2 aromatic carbocycles. The van der Waals surface area contributed by atoms with Crippen molar-refractivity contribution < 1.29 is 4.79 Å². The predicted octanol–water partition coefficient (Wildman–Crippen LogP) is 5.10. The maximum atomic E-state index is 11.9. The van der Waals surface area contributed by atoms with E-state index in [1.54, 1.807) is 29.5 Å². The molecule has 0 aliphatic rings. The zero-order chi connectivity index (χ0) is 17.6. The number of nitrogens with zero attached hydrogens (tertiary/aromatic N) is 1. The average Bonchev–Trinajstić information content (AvgIpc) is 3.08. The van der Waals surface area contributed by atoms with Crippen molar-refractivity contribution in [2.45, 2.75) is 13.5 Å². The van der Waals surface area contributed by atoms with E-state index in [2.05, 4.69) is 29.4 Å². The molecule has 126 valence electrons. The van der Waals surface area contributed by atoms with Gasteiger partial charge < -0.3 is 5.32 Å². The molecule has 1 N–H and O–H groups in total. The lowest BCUT2D eigenvalue weighted by atomic mass is 10.1. The minimum Gasteiger partial charge on any atom is -0.347 e. The topological polar surface area (TPSA) is 42.0 Å². The summed E-state index contributed by atoms with van der Waals surface area (Å²) in [6.45, 7) is 2.48. The molecule has 1 aromatic heterocycles. The molecule has 1 heterocycles. The van der Waals surface area contributed by atoms with E-state index in [1.807, 2.05) is 29.6 Å². The Hall–Kier alpha value is -2.43. The number of benzene rings is 2. The first-order valence-corrected chi connectivity index (χ1v) is 9.09. The second kappa shape index (κ2) is 8.10. The van der Waals surface area contributed by atoms with Crippen LogP contribution in [0.2, 0.25) is 5.02 Å². The largest absolute Gasteiger partial charge is 0.347 e. The molecule has 0 bridgehead atoms. The molecule has 3 rings (SSSR count). The number of hydrogen-bond donors (Lipinski definition) is 1. The Morgan fingerprint density at radius 1 is 1.20 bits per heavy atom. The highest BCUT2D eigenvalue weighted by Crippen LogP contribution is 2.26. The summed E-state index contributed by atoms with van der Waals surface area (Å²) in [6.07, 6.45) is 3.27. The van der Waals surface area contributed by atoms with Gasteiger partial charge in [0.2, 0.25) is 5.91 Å². The standard InChI is InChI=1S/C20H17ClN2OS/c1-14-4-2-3-5-18(14)20-23-17(13-25-20)12-22-19(24)11-8-15-6-9-16(21)10-7-15/h2-11,13H,12H2,1H3,(H,22,24)/b11-8+. The van der Waals surface area contributed by atoms with E-state index >= 15 is 0 Å². The van der Waals surface area contributed by atoms with Crippen LogP contribution in [-0.2, 0) is 11.3 Å². The average molecular weight is 369 g/mol. The van der Waals surface area contributed by atoms with Gasteiger partial charge in [0.1, 0.15) is 5.01 Å². The van der Waals surface area contributed by atoms with Crippen LogP contribution in [0.15, 0.2) is 60.0 Å². The Labute approximate surface area is 156 Å². The fourth-order valence-corrected chi connectivity index (χ4v) is 3.34. The number of aryl methyl sites for hydroxylation is 1. The van der Waals surface area contributed by atoms with Crippen LogP contribution < -0.4 is 5.32 Å².